The summed E-state index contributed by atoms with van der Waals surface area (Å²) in [6.45, 7) is 0. The Balaban J connectivity index is 2.14. The summed E-state index contributed by atoms with van der Waals surface area (Å²) < 4.78 is 64.2. The van der Waals surface area contributed by atoms with Crippen molar-refractivity contribution in [3.05, 3.63) is 82.9 Å². The van der Waals surface area contributed by atoms with E-state index in [2.05, 4.69) is 10.6 Å². The molecule has 0 heterocycles. The van der Waals surface area contributed by atoms with Crippen LogP contribution in [-0.2, 0) is 9.47 Å². The molecule has 0 aromatic heterocycles. The van der Waals surface area contributed by atoms with Crippen LogP contribution in [0.5, 0.6) is 0 Å². The maximum atomic E-state index is 14.1. The molecular formula is C22H16F4N2O4. The Morgan fingerprint density at radius 2 is 1.00 bits per heavy atom. The largest absolute Gasteiger partial charge is 0.465 e. The van der Waals surface area contributed by atoms with E-state index in [1.807, 2.05) is 0 Å². The first-order chi connectivity index (χ1) is 15.2. The first-order valence-corrected chi connectivity index (χ1v) is 9.02. The number of anilines is 4. The zero-order valence-electron chi connectivity index (χ0n) is 16.8. The molecule has 6 nitrogen and oxygen atoms in total. The number of rotatable bonds is 6. The minimum atomic E-state index is -0.948. The standard InChI is InChI=1S/C22H16F4N2O4/c1-31-21(29)13-9-20(28-18-6-4-12(24)8-16(18)26)14(22(30)32-2)10-19(13)27-17-5-3-11(23)7-15(17)25/h3-10,27-28H,1-2H3. The number of nitrogens with one attached hydrogen (secondary N) is 2. The van der Waals surface area contributed by atoms with Gasteiger partial charge in [0.1, 0.15) is 23.3 Å². The van der Waals surface area contributed by atoms with Gasteiger partial charge in [0.25, 0.3) is 0 Å². The molecule has 3 aromatic carbocycles. The normalized spacial score (nSPS) is 10.4. The summed E-state index contributed by atoms with van der Waals surface area (Å²) >= 11 is 0. The maximum absolute atomic E-state index is 14.1. The second-order valence-corrected chi connectivity index (χ2v) is 6.42. The Bertz CT molecular complexity index is 1110. The van der Waals surface area contributed by atoms with Gasteiger partial charge in [-0.1, -0.05) is 0 Å². The van der Waals surface area contributed by atoms with E-state index in [-0.39, 0.29) is 33.9 Å². The Kier molecular flexibility index (Phi) is 6.62. The lowest BCUT2D eigenvalue weighted by atomic mass is 10.0. The molecule has 0 amide bonds. The molecule has 0 radical (unpaired) electrons. The van der Waals surface area contributed by atoms with Crippen molar-refractivity contribution in [2.75, 3.05) is 24.9 Å². The SMILES string of the molecule is COC(=O)c1cc(Nc2ccc(F)cc2F)c(C(=O)OC)cc1Nc1ccc(F)cc1F. The molecule has 0 aliphatic heterocycles. The number of ether oxygens (including phenoxy) is 2. The molecule has 0 saturated carbocycles. The van der Waals surface area contributed by atoms with Crippen molar-refractivity contribution in [1.29, 1.82) is 0 Å². The molecule has 0 atom stereocenters. The quantitative estimate of drug-likeness (QED) is 0.394. The summed E-state index contributed by atoms with van der Waals surface area (Å²) in [6.07, 6.45) is 0. The highest BCUT2D eigenvalue weighted by atomic mass is 19.1. The van der Waals surface area contributed by atoms with Gasteiger partial charge < -0.3 is 20.1 Å². The van der Waals surface area contributed by atoms with Crippen LogP contribution in [0, 0.1) is 23.3 Å². The smallest absolute Gasteiger partial charge is 0.340 e. The van der Waals surface area contributed by atoms with Gasteiger partial charge in [0.2, 0.25) is 0 Å². The van der Waals surface area contributed by atoms with E-state index in [0.29, 0.717) is 12.1 Å². The van der Waals surface area contributed by atoms with E-state index in [1.54, 1.807) is 0 Å². The third-order valence-electron chi connectivity index (χ3n) is 4.37. The average Bonchev–Trinajstić information content (AvgIpc) is 2.76. The highest BCUT2D eigenvalue weighted by Gasteiger charge is 2.22. The van der Waals surface area contributed by atoms with Gasteiger partial charge in [-0.25, -0.2) is 27.2 Å². The summed E-state index contributed by atoms with van der Waals surface area (Å²) in [5.41, 5.74) is -0.807. The van der Waals surface area contributed by atoms with Gasteiger partial charge in [-0.2, -0.15) is 0 Å². The molecule has 32 heavy (non-hydrogen) atoms. The second kappa shape index (κ2) is 9.38. The summed E-state index contributed by atoms with van der Waals surface area (Å²) in [5.74, 6) is -5.25. The van der Waals surface area contributed by atoms with Crippen molar-refractivity contribution in [2.24, 2.45) is 0 Å². The lowest BCUT2D eigenvalue weighted by molar-refractivity contribution is 0.0588. The number of hydrogen-bond acceptors (Lipinski definition) is 6. The number of hydrogen-bond donors (Lipinski definition) is 2. The molecule has 3 rings (SSSR count). The lowest BCUT2D eigenvalue weighted by Gasteiger charge is -2.17. The summed E-state index contributed by atoms with van der Waals surface area (Å²) in [5, 5.41) is 5.22. The highest BCUT2D eigenvalue weighted by molar-refractivity contribution is 6.04. The first-order valence-electron chi connectivity index (χ1n) is 9.02. The van der Waals surface area contributed by atoms with Crippen LogP contribution in [0.2, 0.25) is 0 Å². The van der Waals surface area contributed by atoms with E-state index < -0.39 is 35.2 Å². The van der Waals surface area contributed by atoms with Crippen molar-refractivity contribution in [3.63, 3.8) is 0 Å². The van der Waals surface area contributed by atoms with Gasteiger partial charge in [0.05, 0.1) is 48.1 Å². The molecule has 0 aliphatic carbocycles. The van der Waals surface area contributed by atoms with Gasteiger partial charge in [0.15, 0.2) is 0 Å². The second-order valence-electron chi connectivity index (χ2n) is 6.42. The van der Waals surface area contributed by atoms with Gasteiger partial charge >= 0.3 is 11.9 Å². The Hall–Kier alpha value is -4.08. The topological polar surface area (TPSA) is 76.7 Å². The lowest BCUT2D eigenvalue weighted by Crippen LogP contribution is -2.12. The molecule has 0 saturated heterocycles. The summed E-state index contributed by atoms with van der Waals surface area (Å²) in [4.78, 5) is 24.7. The minimum Gasteiger partial charge on any atom is -0.465 e. The van der Waals surface area contributed by atoms with Crippen LogP contribution >= 0.6 is 0 Å². The Morgan fingerprint density at radius 3 is 1.31 bits per heavy atom. The molecule has 0 unspecified atom stereocenters. The van der Waals surface area contributed by atoms with Crippen molar-refractivity contribution < 1.29 is 36.6 Å². The third kappa shape index (κ3) is 4.80. The molecule has 3 aromatic rings. The predicted molar refractivity (Wildman–Crippen MR) is 108 cm³/mol. The Labute approximate surface area is 179 Å². The molecule has 10 heteroatoms. The summed E-state index contributed by atoms with van der Waals surface area (Å²) in [7, 11) is 2.21. The molecule has 2 N–H and O–H groups in total. The average molecular weight is 448 g/mol. The molecule has 0 fully saturated rings. The number of carbonyl (C=O) groups excluding carboxylic acids is 2. The zero-order valence-corrected chi connectivity index (χ0v) is 16.8. The van der Waals surface area contributed by atoms with E-state index >= 15 is 0 Å². The van der Waals surface area contributed by atoms with Gasteiger partial charge in [-0.15, -0.1) is 0 Å². The van der Waals surface area contributed by atoms with Crippen molar-refractivity contribution in [3.8, 4) is 0 Å². The maximum Gasteiger partial charge on any atom is 0.340 e. The number of benzene rings is 3. The number of carbonyl (C=O) groups is 2. The summed E-state index contributed by atoms with van der Waals surface area (Å²) in [6, 6.07) is 7.78. The van der Waals surface area contributed by atoms with Crippen LogP contribution in [0.15, 0.2) is 48.5 Å². The zero-order chi connectivity index (χ0) is 23.4. The fraction of sp³-hybridized carbons (Fsp3) is 0.0909. The predicted octanol–water partition coefficient (Wildman–Crippen LogP) is 5.30. The Morgan fingerprint density at radius 1 is 0.625 bits per heavy atom. The number of methoxy groups -OCH3 is 2. The molecule has 166 valence electrons. The fourth-order valence-corrected chi connectivity index (χ4v) is 2.84. The molecule has 0 aliphatic rings. The van der Waals surface area contributed by atoms with E-state index in [4.69, 9.17) is 9.47 Å². The van der Waals surface area contributed by atoms with Crippen LogP contribution in [0.25, 0.3) is 0 Å². The van der Waals surface area contributed by atoms with Crippen LogP contribution in [0.4, 0.5) is 40.3 Å². The fourth-order valence-electron chi connectivity index (χ4n) is 2.84. The van der Waals surface area contributed by atoms with Crippen LogP contribution < -0.4 is 10.6 Å². The first kappa shape index (κ1) is 22.6. The number of esters is 2. The van der Waals surface area contributed by atoms with E-state index in [0.717, 1.165) is 50.6 Å². The third-order valence-corrected chi connectivity index (χ3v) is 4.37. The van der Waals surface area contributed by atoms with Crippen molar-refractivity contribution >= 4 is 34.7 Å². The van der Waals surface area contributed by atoms with Gasteiger partial charge in [-0.05, 0) is 36.4 Å². The number of halogens is 4. The monoisotopic (exact) mass is 448 g/mol. The van der Waals surface area contributed by atoms with Crippen LogP contribution in [-0.4, -0.2) is 26.2 Å². The highest BCUT2D eigenvalue weighted by Crippen LogP contribution is 2.32. The van der Waals surface area contributed by atoms with E-state index in [1.165, 1.54) is 0 Å². The van der Waals surface area contributed by atoms with Crippen molar-refractivity contribution in [2.45, 2.75) is 0 Å². The van der Waals surface area contributed by atoms with Crippen LogP contribution in [0.3, 0.4) is 0 Å². The molecule has 0 spiro atoms. The van der Waals surface area contributed by atoms with Gasteiger partial charge in [-0.3, -0.25) is 0 Å². The molecule has 0 bridgehead atoms. The van der Waals surface area contributed by atoms with Crippen molar-refractivity contribution in [1.82, 2.24) is 0 Å². The van der Waals surface area contributed by atoms with E-state index in [9.17, 15) is 27.2 Å². The molecular weight excluding hydrogens is 432 g/mol. The minimum absolute atomic E-state index is 0.0621. The van der Waals surface area contributed by atoms with Gasteiger partial charge in [0, 0.05) is 12.1 Å². The van der Waals surface area contributed by atoms with Crippen LogP contribution in [0.1, 0.15) is 20.7 Å².